The van der Waals surface area contributed by atoms with Gasteiger partial charge in [-0.15, -0.1) is 0 Å². The maximum absolute atomic E-state index is 13.5. The van der Waals surface area contributed by atoms with Crippen molar-refractivity contribution < 1.29 is 9.18 Å². The Kier molecular flexibility index (Phi) is 5.76. The van der Waals surface area contributed by atoms with Crippen LogP contribution in [0.4, 0.5) is 15.8 Å². The van der Waals surface area contributed by atoms with E-state index in [2.05, 4.69) is 17.2 Å². The summed E-state index contributed by atoms with van der Waals surface area (Å²) in [5.41, 5.74) is 2.11. The second-order valence-corrected chi connectivity index (χ2v) is 8.13. The Hall–Kier alpha value is -2.53. The molecule has 4 rings (SSSR count). The molecule has 2 aliphatic rings. The molecule has 1 saturated heterocycles. The SMILES string of the molecule is C=C1NC(c2cccc(Nc3cccc(F)c3)c2Cl)CC(=O)N1C1CCCCC1. The van der Waals surface area contributed by atoms with Crippen LogP contribution in [0.15, 0.2) is 54.9 Å². The van der Waals surface area contributed by atoms with Crippen LogP contribution in [0, 0.1) is 5.82 Å². The van der Waals surface area contributed by atoms with E-state index in [-0.39, 0.29) is 23.8 Å². The number of halogens is 2. The molecule has 29 heavy (non-hydrogen) atoms. The molecule has 2 aromatic rings. The summed E-state index contributed by atoms with van der Waals surface area (Å²) in [5.74, 6) is 0.420. The van der Waals surface area contributed by atoms with Crippen LogP contribution in [0.3, 0.4) is 0 Å². The summed E-state index contributed by atoms with van der Waals surface area (Å²) in [4.78, 5) is 14.8. The summed E-state index contributed by atoms with van der Waals surface area (Å²) >= 11 is 6.66. The summed E-state index contributed by atoms with van der Waals surface area (Å²) in [6, 6.07) is 11.9. The Morgan fingerprint density at radius 2 is 1.90 bits per heavy atom. The van der Waals surface area contributed by atoms with Gasteiger partial charge in [0.2, 0.25) is 5.91 Å². The molecule has 1 atom stereocenters. The van der Waals surface area contributed by atoms with Crippen molar-refractivity contribution in [3.8, 4) is 0 Å². The summed E-state index contributed by atoms with van der Waals surface area (Å²) in [6.07, 6.45) is 5.95. The van der Waals surface area contributed by atoms with Gasteiger partial charge in [-0.2, -0.15) is 0 Å². The predicted octanol–water partition coefficient (Wildman–Crippen LogP) is 5.89. The standard InChI is InChI=1S/C23H25ClFN3O/c1-15-26-21(14-22(29)28(15)18-9-3-2-4-10-18)19-11-6-12-20(23(19)24)27-17-8-5-7-16(25)13-17/h5-8,11-13,18,21,26-27H,1-4,9-10,14H2. The molecule has 0 spiro atoms. The normalized spacial score (nSPS) is 20.5. The molecule has 6 heteroatoms. The minimum atomic E-state index is -0.319. The van der Waals surface area contributed by atoms with Crippen LogP contribution in [0.2, 0.25) is 5.02 Å². The summed E-state index contributed by atoms with van der Waals surface area (Å²) < 4.78 is 13.5. The lowest BCUT2D eigenvalue weighted by molar-refractivity contribution is -0.134. The lowest BCUT2D eigenvalue weighted by Gasteiger charge is -2.41. The van der Waals surface area contributed by atoms with Crippen molar-refractivity contribution in [2.75, 3.05) is 5.32 Å². The van der Waals surface area contributed by atoms with Crippen molar-refractivity contribution in [1.29, 1.82) is 0 Å². The zero-order valence-electron chi connectivity index (χ0n) is 16.3. The molecule has 0 bridgehead atoms. The number of nitrogens with one attached hydrogen (secondary N) is 2. The Morgan fingerprint density at radius 1 is 1.14 bits per heavy atom. The average Bonchev–Trinajstić information content (AvgIpc) is 2.70. The van der Waals surface area contributed by atoms with Gasteiger partial charge in [0, 0.05) is 11.7 Å². The predicted molar refractivity (Wildman–Crippen MR) is 114 cm³/mol. The van der Waals surface area contributed by atoms with Crippen molar-refractivity contribution in [2.24, 2.45) is 0 Å². The first-order valence-electron chi connectivity index (χ1n) is 10.1. The smallest absolute Gasteiger partial charge is 0.230 e. The second kappa shape index (κ2) is 8.46. The number of amides is 1. The fourth-order valence-corrected chi connectivity index (χ4v) is 4.64. The molecule has 4 nitrogen and oxygen atoms in total. The van der Waals surface area contributed by atoms with Gasteiger partial charge in [0.1, 0.15) is 11.6 Å². The van der Waals surface area contributed by atoms with Gasteiger partial charge in [0.05, 0.1) is 23.2 Å². The molecule has 0 aromatic heterocycles. The first-order chi connectivity index (χ1) is 14.0. The quantitative estimate of drug-likeness (QED) is 0.656. The number of benzene rings is 2. The molecular weight excluding hydrogens is 389 g/mol. The van der Waals surface area contributed by atoms with Gasteiger partial charge < -0.3 is 10.6 Å². The molecule has 152 valence electrons. The average molecular weight is 414 g/mol. The molecule has 0 radical (unpaired) electrons. The molecule has 2 aromatic carbocycles. The van der Waals surface area contributed by atoms with Crippen LogP contribution < -0.4 is 10.6 Å². The van der Waals surface area contributed by atoms with E-state index in [9.17, 15) is 9.18 Å². The first kappa shape index (κ1) is 19.8. The van der Waals surface area contributed by atoms with Gasteiger partial charge in [-0.1, -0.05) is 55.6 Å². The summed E-state index contributed by atoms with van der Waals surface area (Å²) in [6.45, 7) is 4.12. The van der Waals surface area contributed by atoms with Gasteiger partial charge in [-0.05, 0) is 42.7 Å². The van der Waals surface area contributed by atoms with Gasteiger partial charge in [0.15, 0.2) is 0 Å². The van der Waals surface area contributed by atoms with Crippen molar-refractivity contribution in [3.05, 3.63) is 71.3 Å². The molecule has 1 unspecified atom stereocenters. The minimum absolute atomic E-state index is 0.0882. The highest BCUT2D eigenvalue weighted by Gasteiger charge is 2.35. The number of rotatable bonds is 4. The number of anilines is 2. The van der Waals surface area contributed by atoms with Gasteiger partial charge in [0.25, 0.3) is 0 Å². The Bertz CT molecular complexity index is 908. The van der Waals surface area contributed by atoms with Crippen molar-refractivity contribution in [3.63, 3.8) is 0 Å². The highest BCUT2D eigenvalue weighted by molar-refractivity contribution is 6.34. The molecule has 1 saturated carbocycles. The number of nitrogens with zero attached hydrogens (tertiary/aromatic N) is 1. The molecule has 1 aliphatic heterocycles. The van der Waals surface area contributed by atoms with E-state index in [1.54, 1.807) is 12.1 Å². The van der Waals surface area contributed by atoms with Crippen LogP contribution in [-0.2, 0) is 4.79 Å². The van der Waals surface area contributed by atoms with E-state index in [0.29, 0.717) is 28.6 Å². The van der Waals surface area contributed by atoms with Crippen LogP contribution >= 0.6 is 11.6 Å². The van der Waals surface area contributed by atoms with E-state index in [4.69, 9.17) is 11.6 Å². The highest BCUT2D eigenvalue weighted by atomic mass is 35.5. The fourth-order valence-electron chi connectivity index (χ4n) is 4.33. The van der Waals surface area contributed by atoms with E-state index < -0.39 is 0 Å². The molecule has 1 heterocycles. The van der Waals surface area contributed by atoms with E-state index in [1.807, 2.05) is 23.1 Å². The lowest BCUT2D eigenvalue weighted by atomic mass is 9.92. The third-order valence-electron chi connectivity index (χ3n) is 5.73. The third-order valence-corrected chi connectivity index (χ3v) is 6.15. The van der Waals surface area contributed by atoms with Gasteiger partial charge >= 0.3 is 0 Å². The van der Waals surface area contributed by atoms with Gasteiger partial charge in [-0.3, -0.25) is 9.69 Å². The largest absolute Gasteiger partial charge is 0.364 e. The zero-order chi connectivity index (χ0) is 20.4. The highest BCUT2D eigenvalue weighted by Crippen LogP contribution is 2.37. The molecule has 1 aliphatic carbocycles. The van der Waals surface area contributed by atoms with Crippen molar-refractivity contribution in [1.82, 2.24) is 10.2 Å². The molecule has 1 amide bonds. The topological polar surface area (TPSA) is 44.4 Å². The molecule has 2 fully saturated rings. The third kappa shape index (κ3) is 4.25. The van der Waals surface area contributed by atoms with Crippen LogP contribution in [0.5, 0.6) is 0 Å². The molecule has 2 N–H and O–H groups in total. The Balaban J connectivity index is 1.53. The van der Waals surface area contributed by atoms with E-state index in [1.165, 1.54) is 18.6 Å². The lowest BCUT2D eigenvalue weighted by Crippen LogP contribution is -2.50. The number of hydrogen-bond donors (Lipinski definition) is 2. The minimum Gasteiger partial charge on any atom is -0.364 e. The van der Waals surface area contributed by atoms with Crippen molar-refractivity contribution in [2.45, 2.75) is 50.6 Å². The number of carbonyl (C=O) groups is 1. The maximum Gasteiger partial charge on any atom is 0.230 e. The van der Waals surface area contributed by atoms with Crippen LogP contribution in [0.1, 0.15) is 50.1 Å². The second-order valence-electron chi connectivity index (χ2n) is 7.75. The monoisotopic (exact) mass is 413 g/mol. The fraction of sp³-hybridized carbons (Fsp3) is 0.348. The van der Waals surface area contributed by atoms with Gasteiger partial charge in [-0.25, -0.2) is 4.39 Å². The summed E-state index contributed by atoms with van der Waals surface area (Å²) in [7, 11) is 0. The molecular formula is C23H25ClFN3O. The maximum atomic E-state index is 13.5. The van der Waals surface area contributed by atoms with Crippen LogP contribution in [-0.4, -0.2) is 16.8 Å². The van der Waals surface area contributed by atoms with E-state index >= 15 is 0 Å². The van der Waals surface area contributed by atoms with E-state index in [0.717, 1.165) is 31.2 Å². The Morgan fingerprint density at radius 3 is 2.62 bits per heavy atom. The number of carbonyl (C=O) groups excluding carboxylic acids is 1. The number of hydrogen-bond acceptors (Lipinski definition) is 3. The zero-order valence-corrected chi connectivity index (χ0v) is 17.0. The Labute approximate surface area is 175 Å². The first-order valence-corrected chi connectivity index (χ1v) is 10.5. The van der Waals surface area contributed by atoms with Crippen molar-refractivity contribution >= 4 is 28.9 Å². The van der Waals surface area contributed by atoms with Crippen LogP contribution in [0.25, 0.3) is 0 Å². The summed E-state index contributed by atoms with van der Waals surface area (Å²) in [5, 5.41) is 7.06.